The molecule has 16 heavy (non-hydrogen) atoms. The van der Waals surface area contributed by atoms with Gasteiger partial charge in [-0.1, -0.05) is 18.2 Å². The fourth-order valence-corrected chi connectivity index (χ4v) is 2.72. The largest absolute Gasteiger partial charge is 0.446 e. The summed E-state index contributed by atoms with van der Waals surface area (Å²) in [6.07, 6.45) is -1.74. The monoisotopic (exact) mass is 243 g/mol. The first-order valence-electron chi connectivity index (χ1n) is 4.66. The van der Waals surface area contributed by atoms with E-state index in [9.17, 15) is 13.2 Å². The van der Waals surface area contributed by atoms with Gasteiger partial charge in [0.1, 0.15) is 6.10 Å². The summed E-state index contributed by atoms with van der Waals surface area (Å²) in [6.45, 7) is 1.48. The molecular formula is C10H13NO4S. The van der Waals surface area contributed by atoms with Gasteiger partial charge in [0.15, 0.2) is 9.84 Å². The van der Waals surface area contributed by atoms with Crippen LogP contribution >= 0.6 is 0 Å². The summed E-state index contributed by atoms with van der Waals surface area (Å²) >= 11 is 0. The lowest BCUT2D eigenvalue weighted by atomic mass is 10.4. The summed E-state index contributed by atoms with van der Waals surface area (Å²) in [5.74, 6) is -0.278. The Balaban J connectivity index is 2.77. The van der Waals surface area contributed by atoms with E-state index in [0.29, 0.717) is 0 Å². The summed E-state index contributed by atoms with van der Waals surface area (Å²) < 4.78 is 28.2. The number of carbonyl (C=O) groups excluding carboxylic acids is 1. The van der Waals surface area contributed by atoms with E-state index in [0.717, 1.165) is 0 Å². The maximum absolute atomic E-state index is 11.8. The number of rotatable bonds is 4. The van der Waals surface area contributed by atoms with Crippen molar-refractivity contribution in [2.75, 3.05) is 5.75 Å². The van der Waals surface area contributed by atoms with E-state index in [2.05, 4.69) is 4.74 Å². The molecule has 1 unspecified atom stereocenters. The highest BCUT2D eigenvalue weighted by molar-refractivity contribution is 7.91. The van der Waals surface area contributed by atoms with Gasteiger partial charge >= 0.3 is 6.09 Å². The maximum Gasteiger partial charge on any atom is 0.404 e. The van der Waals surface area contributed by atoms with Crippen molar-refractivity contribution in [2.24, 2.45) is 5.73 Å². The van der Waals surface area contributed by atoms with E-state index in [-0.39, 0.29) is 10.6 Å². The van der Waals surface area contributed by atoms with Gasteiger partial charge in [0, 0.05) is 0 Å². The van der Waals surface area contributed by atoms with Crippen LogP contribution in [0.25, 0.3) is 0 Å². The van der Waals surface area contributed by atoms with Crippen molar-refractivity contribution < 1.29 is 17.9 Å². The van der Waals surface area contributed by atoms with Crippen LogP contribution in [-0.4, -0.2) is 26.4 Å². The van der Waals surface area contributed by atoms with E-state index in [1.54, 1.807) is 18.2 Å². The highest BCUT2D eigenvalue weighted by Crippen LogP contribution is 2.12. The molecule has 2 N–H and O–H groups in total. The Hall–Kier alpha value is -1.56. The number of primary amides is 1. The van der Waals surface area contributed by atoms with Crippen molar-refractivity contribution in [1.82, 2.24) is 0 Å². The third kappa shape index (κ3) is 3.54. The Morgan fingerprint density at radius 2 is 1.94 bits per heavy atom. The van der Waals surface area contributed by atoms with E-state index in [1.807, 2.05) is 0 Å². The van der Waals surface area contributed by atoms with E-state index < -0.39 is 22.0 Å². The fourth-order valence-electron chi connectivity index (χ4n) is 1.27. The van der Waals surface area contributed by atoms with Gasteiger partial charge < -0.3 is 10.5 Å². The van der Waals surface area contributed by atoms with Gasteiger partial charge in [-0.3, -0.25) is 0 Å². The number of nitrogens with two attached hydrogens (primary N) is 1. The van der Waals surface area contributed by atoms with Crippen LogP contribution in [0.4, 0.5) is 4.79 Å². The van der Waals surface area contributed by atoms with E-state index in [1.165, 1.54) is 19.1 Å². The molecule has 0 bridgehead atoms. The van der Waals surface area contributed by atoms with Crippen molar-refractivity contribution in [2.45, 2.75) is 17.9 Å². The average Bonchev–Trinajstić information content (AvgIpc) is 2.16. The minimum absolute atomic E-state index is 0.204. The van der Waals surface area contributed by atoms with Crippen LogP contribution in [0.3, 0.4) is 0 Å². The molecule has 1 atom stereocenters. The van der Waals surface area contributed by atoms with E-state index >= 15 is 0 Å². The molecule has 1 aromatic carbocycles. The second-order valence-electron chi connectivity index (χ2n) is 3.34. The summed E-state index contributed by atoms with van der Waals surface area (Å²) in [4.78, 5) is 10.6. The van der Waals surface area contributed by atoms with Gasteiger partial charge in [-0.15, -0.1) is 0 Å². The summed E-state index contributed by atoms with van der Waals surface area (Å²) in [7, 11) is -3.44. The van der Waals surface area contributed by atoms with Crippen LogP contribution in [0, 0.1) is 0 Å². The molecule has 0 saturated heterocycles. The third-order valence-electron chi connectivity index (χ3n) is 1.87. The topological polar surface area (TPSA) is 86.5 Å². The standard InChI is InChI=1S/C10H13NO4S/c1-8(15-10(11)12)7-16(13,14)9-5-3-2-4-6-9/h2-6,8H,7H2,1H3,(H2,11,12). The first-order valence-corrected chi connectivity index (χ1v) is 6.31. The van der Waals surface area contributed by atoms with Crippen molar-refractivity contribution in [3.8, 4) is 0 Å². The van der Waals surface area contributed by atoms with Gasteiger partial charge in [-0.25, -0.2) is 13.2 Å². The molecule has 0 aliphatic rings. The lowest BCUT2D eigenvalue weighted by molar-refractivity contribution is 0.126. The Morgan fingerprint density at radius 3 is 2.44 bits per heavy atom. The molecule has 0 heterocycles. The first-order chi connectivity index (χ1) is 7.42. The number of hydrogen-bond donors (Lipinski definition) is 1. The third-order valence-corrected chi connectivity index (χ3v) is 3.77. The van der Waals surface area contributed by atoms with Gasteiger partial charge in [-0.2, -0.15) is 0 Å². The van der Waals surface area contributed by atoms with Crippen LogP contribution in [0.5, 0.6) is 0 Å². The molecular weight excluding hydrogens is 230 g/mol. The smallest absolute Gasteiger partial charge is 0.404 e. The summed E-state index contributed by atoms with van der Waals surface area (Å²) in [5, 5.41) is 0. The zero-order chi connectivity index (χ0) is 12.2. The molecule has 1 aromatic rings. The second-order valence-corrected chi connectivity index (χ2v) is 5.38. The van der Waals surface area contributed by atoms with Crippen LogP contribution in [-0.2, 0) is 14.6 Å². The van der Waals surface area contributed by atoms with Crippen molar-refractivity contribution in [3.05, 3.63) is 30.3 Å². The SMILES string of the molecule is CC(CS(=O)(=O)c1ccccc1)OC(N)=O. The molecule has 0 fully saturated rings. The van der Waals surface area contributed by atoms with Gasteiger partial charge in [0.25, 0.3) is 0 Å². The van der Waals surface area contributed by atoms with Gasteiger partial charge in [-0.05, 0) is 19.1 Å². The minimum Gasteiger partial charge on any atom is -0.446 e. The Kier molecular flexibility index (Phi) is 3.89. The van der Waals surface area contributed by atoms with Crippen LogP contribution in [0.2, 0.25) is 0 Å². The quantitative estimate of drug-likeness (QED) is 0.852. The summed E-state index contributed by atoms with van der Waals surface area (Å²) in [6, 6.07) is 7.97. The van der Waals surface area contributed by atoms with Crippen LogP contribution < -0.4 is 5.73 Å². The molecule has 6 heteroatoms. The lowest BCUT2D eigenvalue weighted by Crippen LogP contribution is -2.27. The Bertz CT molecular complexity index is 455. The van der Waals surface area contributed by atoms with Crippen LogP contribution in [0.15, 0.2) is 35.2 Å². The normalized spacial score (nSPS) is 13.1. The molecule has 0 aliphatic heterocycles. The van der Waals surface area contributed by atoms with E-state index in [4.69, 9.17) is 5.73 Å². The minimum atomic E-state index is -3.44. The zero-order valence-corrected chi connectivity index (χ0v) is 9.61. The molecule has 0 aliphatic carbocycles. The molecule has 1 rings (SSSR count). The molecule has 88 valence electrons. The molecule has 0 saturated carbocycles. The number of sulfone groups is 1. The number of ether oxygens (including phenoxy) is 1. The van der Waals surface area contributed by atoms with Crippen molar-refractivity contribution in [1.29, 1.82) is 0 Å². The number of carbonyl (C=O) groups is 1. The lowest BCUT2D eigenvalue weighted by Gasteiger charge is -2.11. The van der Waals surface area contributed by atoms with Gasteiger partial charge in [0.2, 0.25) is 0 Å². The summed E-state index contributed by atoms with van der Waals surface area (Å²) in [5.41, 5.74) is 4.79. The van der Waals surface area contributed by atoms with Crippen molar-refractivity contribution >= 4 is 15.9 Å². The highest BCUT2D eigenvalue weighted by Gasteiger charge is 2.19. The van der Waals surface area contributed by atoms with Crippen LogP contribution in [0.1, 0.15) is 6.92 Å². The molecule has 1 amide bonds. The molecule has 0 radical (unpaired) electrons. The Morgan fingerprint density at radius 1 is 1.38 bits per heavy atom. The van der Waals surface area contributed by atoms with Gasteiger partial charge in [0.05, 0.1) is 10.6 Å². The zero-order valence-electron chi connectivity index (χ0n) is 8.79. The number of benzene rings is 1. The average molecular weight is 243 g/mol. The maximum atomic E-state index is 11.8. The molecule has 0 spiro atoms. The number of amides is 1. The predicted molar refractivity (Wildman–Crippen MR) is 58.6 cm³/mol. The predicted octanol–water partition coefficient (Wildman–Crippen LogP) is 0.944. The highest BCUT2D eigenvalue weighted by atomic mass is 32.2. The second kappa shape index (κ2) is 4.98. The number of hydrogen-bond acceptors (Lipinski definition) is 4. The fraction of sp³-hybridized carbons (Fsp3) is 0.300. The van der Waals surface area contributed by atoms with Crippen molar-refractivity contribution in [3.63, 3.8) is 0 Å². The molecule has 5 nitrogen and oxygen atoms in total. The molecule has 0 aromatic heterocycles. The Labute approximate surface area is 94.1 Å². The first kappa shape index (κ1) is 12.5.